The highest BCUT2D eigenvalue weighted by atomic mass is 16.1. The molecule has 0 heterocycles. The van der Waals surface area contributed by atoms with Gasteiger partial charge >= 0.3 is 0 Å². The largest absolute Gasteiger partial charge is 0.303 e. The Morgan fingerprint density at radius 2 is 1.70 bits per heavy atom. The zero-order valence-electron chi connectivity index (χ0n) is 17.4. The van der Waals surface area contributed by atoms with Crippen molar-refractivity contribution in [1.29, 1.82) is 0 Å². The van der Waals surface area contributed by atoms with Crippen LogP contribution in [0.3, 0.4) is 0 Å². The monoisotopic (exact) mass is 372 g/mol. The van der Waals surface area contributed by atoms with E-state index in [1.165, 1.54) is 17.6 Å². The van der Waals surface area contributed by atoms with E-state index >= 15 is 0 Å². The lowest BCUT2D eigenvalue weighted by Gasteiger charge is -2.53. The molecule has 0 aromatic carbocycles. The molecule has 2 atom stereocenters. The maximum absolute atomic E-state index is 12.7. The maximum atomic E-state index is 12.7. The van der Waals surface area contributed by atoms with Gasteiger partial charge in [-0.1, -0.05) is 44.3 Å². The van der Waals surface area contributed by atoms with Crippen molar-refractivity contribution >= 4 is 18.9 Å². The second-order valence-electron chi connectivity index (χ2n) is 10.1. The van der Waals surface area contributed by atoms with Crippen LogP contribution >= 0.6 is 0 Å². The third-order valence-corrected chi connectivity index (χ3v) is 8.24. The number of carbonyl (C=O) groups is 3. The molecule has 0 bridgehead atoms. The molecular formula is C24H36O3. The third kappa shape index (κ3) is 3.25. The SMILES string of the molecule is CC1=C(C(C=O)C(CC=O)(C2CCCCC2)C2(C=O)CC2)C(C)(C)CCC1. The molecule has 2 saturated carbocycles. The first kappa shape index (κ1) is 20.5. The van der Waals surface area contributed by atoms with Crippen molar-refractivity contribution in [2.45, 2.75) is 91.4 Å². The van der Waals surface area contributed by atoms with Gasteiger partial charge in [-0.25, -0.2) is 0 Å². The van der Waals surface area contributed by atoms with Crippen molar-refractivity contribution in [1.82, 2.24) is 0 Å². The summed E-state index contributed by atoms with van der Waals surface area (Å²) in [6, 6.07) is 0. The quantitative estimate of drug-likeness (QED) is 0.420. The van der Waals surface area contributed by atoms with Crippen LogP contribution in [0.25, 0.3) is 0 Å². The van der Waals surface area contributed by atoms with Gasteiger partial charge in [-0.2, -0.15) is 0 Å². The summed E-state index contributed by atoms with van der Waals surface area (Å²) in [5.74, 6) is -0.0221. The van der Waals surface area contributed by atoms with Crippen molar-refractivity contribution in [2.75, 3.05) is 0 Å². The zero-order chi connectivity index (χ0) is 19.7. The van der Waals surface area contributed by atoms with E-state index in [1.54, 1.807) is 0 Å². The molecule has 3 rings (SSSR count). The molecule has 0 radical (unpaired) electrons. The van der Waals surface area contributed by atoms with Crippen LogP contribution in [-0.4, -0.2) is 18.9 Å². The summed E-state index contributed by atoms with van der Waals surface area (Å²) >= 11 is 0. The minimum atomic E-state index is -0.524. The minimum Gasteiger partial charge on any atom is -0.303 e. The van der Waals surface area contributed by atoms with E-state index in [1.807, 2.05) is 0 Å². The lowest BCUT2D eigenvalue weighted by atomic mass is 9.49. The molecule has 3 aliphatic rings. The van der Waals surface area contributed by atoms with Gasteiger partial charge < -0.3 is 14.4 Å². The molecule has 0 saturated heterocycles. The van der Waals surface area contributed by atoms with Gasteiger partial charge in [-0.05, 0) is 63.2 Å². The van der Waals surface area contributed by atoms with E-state index in [0.717, 1.165) is 76.6 Å². The average Bonchev–Trinajstić information content (AvgIpc) is 3.45. The maximum Gasteiger partial charge on any atom is 0.127 e. The predicted molar refractivity (Wildman–Crippen MR) is 107 cm³/mol. The summed E-state index contributed by atoms with van der Waals surface area (Å²) in [5, 5.41) is 0. The highest BCUT2D eigenvalue weighted by Crippen LogP contribution is 2.69. The summed E-state index contributed by atoms with van der Waals surface area (Å²) < 4.78 is 0. The number of carbonyl (C=O) groups excluding carboxylic acids is 3. The Labute approximate surface area is 164 Å². The van der Waals surface area contributed by atoms with E-state index in [4.69, 9.17) is 0 Å². The highest BCUT2D eigenvalue weighted by Gasteiger charge is 2.66. The van der Waals surface area contributed by atoms with Gasteiger partial charge in [0.2, 0.25) is 0 Å². The standard InChI is InChI=1S/C24H36O3/c1-18-8-7-11-22(2,3)21(18)20(16-26)24(14-15-25,23(17-27)12-13-23)19-9-5-4-6-10-19/h15-17,19-20H,4-14H2,1-3H3. The number of allylic oxidation sites excluding steroid dienone is 2. The Balaban J connectivity index is 2.19. The van der Waals surface area contributed by atoms with E-state index in [9.17, 15) is 14.4 Å². The molecule has 0 aromatic heterocycles. The van der Waals surface area contributed by atoms with Gasteiger partial charge in [0.25, 0.3) is 0 Å². The van der Waals surface area contributed by atoms with Gasteiger partial charge in [0.05, 0.1) is 0 Å². The summed E-state index contributed by atoms with van der Waals surface area (Å²) in [6.07, 6.45) is 14.1. The van der Waals surface area contributed by atoms with Crippen LogP contribution in [0.1, 0.15) is 91.4 Å². The highest BCUT2D eigenvalue weighted by molar-refractivity contribution is 5.73. The van der Waals surface area contributed by atoms with E-state index in [-0.39, 0.29) is 17.3 Å². The van der Waals surface area contributed by atoms with E-state index in [2.05, 4.69) is 20.8 Å². The molecule has 3 aliphatic carbocycles. The summed E-state index contributed by atoms with van der Waals surface area (Å²) in [4.78, 5) is 37.0. The van der Waals surface area contributed by atoms with Gasteiger partial charge in [0, 0.05) is 23.2 Å². The van der Waals surface area contributed by atoms with Gasteiger partial charge in [0.15, 0.2) is 0 Å². The number of rotatable bonds is 8. The molecule has 0 N–H and O–H groups in total. The van der Waals surface area contributed by atoms with Crippen LogP contribution in [0.4, 0.5) is 0 Å². The van der Waals surface area contributed by atoms with Crippen LogP contribution in [0.15, 0.2) is 11.1 Å². The first-order chi connectivity index (χ1) is 12.9. The summed E-state index contributed by atoms with van der Waals surface area (Å²) in [6.45, 7) is 6.66. The summed E-state index contributed by atoms with van der Waals surface area (Å²) in [7, 11) is 0. The first-order valence-electron chi connectivity index (χ1n) is 10.9. The van der Waals surface area contributed by atoms with Crippen LogP contribution < -0.4 is 0 Å². The molecule has 0 aromatic rings. The van der Waals surface area contributed by atoms with Gasteiger partial charge in [-0.15, -0.1) is 0 Å². The van der Waals surface area contributed by atoms with Crippen LogP contribution in [-0.2, 0) is 14.4 Å². The Bertz CT molecular complexity index is 620. The second kappa shape index (κ2) is 7.64. The second-order valence-corrected chi connectivity index (χ2v) is 10.1. The van der Waals surface area contributed by atoms with Crippen molar-refractivity contribution in [3.8, 4) is 0 Å². The Morgan fingerprint density at radius 1 is 1.04 bits per heavy atom. The number of hydrogen-bond acceptors (Lipinski definition) is 3. The fraction of sp³-hybridized carbons (Fsp3) is 0.792. The molecular weight excluding hydrogens is 336 g/mol. The Hall–Kier alpha value is -1.25. The smallest absolute Gasteiger partial charge is 0.127 e. The Kier molecular flexibility index (Phi) is 5.80. The van der Waals surface area contributed by atoms with Crippen molar-refractivity contribution in [2.24, 2.45) is 28.1 Å². The van der Waals surface area contributed by atoms with Crippen LogP contribution in [0, 0.1) is 28.1 Å². The molecule has 0 spiro atoms. The average molecular weight is 373 g/mol. The first-order valence-corrected chi connectivity index (χ1v) is 10.9. The third-order valence-electron chi connectivity index (χ3n) is 8.24. The number of aldehydes is 3. The normalized spacial score (nSPS) is 28.1. The Morgan fingerprint density at radius 3 is 2.19 bits per heavy atom. The molecule has 3 nitrogen and oxygen atoms in total. The topological polar surface area (TPSA) is 51.2 Å². The van der Waals surface area contributed by atoms with E-state index in [0.29, 0.717) is 6.42 Å². The van der Waals surface area contributed by atoms with Crippen LogP contribution in [0.2, 0.25) is 0 Å². The molecule has 150 valence electrons. The van der Waals surface area contributed by atoms with Crippen molar-refractivity contribution < 1.29 is 14.4 Å². The minimum absolute atomic E-state index is 0.0460. The van der Waals surface area contributed by atoms with Crippen molar-refractivity contribution in [3.63, 3.8) is 0 Å². The van der Waals surface area contributed by atoms with E-state index < -0.39 is 10.8 Å². The zero-order valence-corrected chi connectivity index (χ0v) is 17.4. The molecule has 0 aliphatic heterocycles. The van der Waals surface area contributed by atoms with Crippen molar-refractivity contribution in [3.05, 3.63) is 11.1 Å². The fourth-order valence-electron chi connectivity index (χ4n) is 6.83. The fourth-order valence-corrected chi connectivity index (χ4v) is 6.83. The lowest BCUT2D eigenvalue weighted by Crippen LogP contribution is -2.51. The van der Waals surface area contributed by atoms with Gasteiger partial charge in [0.1, 0.15) is 18.9 Å². The van der Waals surface area contributed by atoms with Crippen LogP contribution in [0.5, 0.6) is 0 Å². The van der Waals surface area contributed by atoms with Gasteiger partial charge in [-0.3, -0.25) is 0 Å². The predicted octanol–water partition coefficient (Wildman–Crippen LogP) is 5.46. The molecule has 2 fully saturated rings. The number of hydrogen-bond donors (Lipinski definition) is 0. The lowest BCUT2D eigenvalue weighted by molar-refractivity contribution is -0.133. The molecule has 0 amide bonds. The molecule has 3 heteroatoms. The molecule has 27 heavy (non-hydrogen) atoms. The molecule has 2 unspecified atom stereocenters. The summed E-state index contributed by atoms with van der Waals surface area (Å²) in [5.41, 5.74) is 1.50.